The van der Waals surface area contributed by atoms with Gasteiger partial charge in [0.1, 0.15) is 10.8 Å². The van der Waals surface area contributed by atoms with Gasteiger partial charge in [0.05, 0.1) is 0 Å². The maximum Gasteiger partial charge on any atom is 0.250 e. The molecule has 104 valence electrons. The maximum atomic E-state index is 11.9. The van der Waals surface area contributed by atoms with E-state index in [4.69, 9.17) is 5.11 Å². The minimum Gasteiger partial charge on any atom is -0.384 e. The summed E-state index contributed by atoms with van der Waals surface area (Å²) in [5.74, 6) is 5.33. The van der Waals surface area contributed by atoms with Gasteiger partial charge in [0, 0.05) is 12.1 Å². The number of thiophene rings is 1. The largest absolute Gasteiger partial charge is 0.384 e. The number of hydrogen-bond acceptors (Lipinski definition) is 4. The predicted octanol–water partition coefficient (Wildman–Crippen LogP) is 1.57. The summed E-state index contributed by atoms with van der Waals surface area (Å²) >= 11 is 1.18. The topological polar surface area (TPSA) is 66.4 Å². The lowest BCUT2D eigenvalue weighted by Crippen LogP contribution is -2.22. The fourth-order valence-electron chi connectivity index (χ4n) is 1.51. The van der Waals surface area contributed by atoms with E-state index in [0.29, 0.717) is 4.21 Å². The Balaban J connectivity index is 2.01. The fourth-order valence-corrected chi connectivity index (χ4v) is 3.57. The first-order chi connectivity index (χ1) is 9.62. The summed E-state index contributed by atoms with van der Waals surface area (Å²) in [6, 6.07) is 10.5. The number of rotatable bonds is 4. The maximum absolute atomic E-state index is 11.9. The second kappa shape index (κ2) is 6.68. The molecule has 0 saturated carbocycles. The molecule has 0 aliphatic heterocycles. The lowest BCUT2D eigenvalue weighted by molar-refractivity contribution is 0.350. The van der Waals surface area contributed by atoms with E-state index in [-0.39, 0.29) is 13.2 Å². The molecule has 4 nitrogen and oxygen atoms in total. The van der Waals surface area contributed by atoms with E-state index in [1.807, 2.05) is 0 Å². The Morgan fingerprint density at radius 1 is 1.20 bits per heavy atom. The zero-order valence-electron chi connectivity index (χ0n) is 10.5. The van der Waals surface area contributed by atoms with Crippen LogP contribution in [0.1, 0.15) is 11.1 Å². The normalized spacial score (nSPS) is 10.8. The van der Waals surface area contributed by atoms with Crippen LogP contribution >= 0.6 is 11.3 Å². The Labute approximate surface area is 122 Å². The van der Waals surface area contributed by atoms with E-state index in [0.717, 1.165) is 11.1 Å². The molecule has 1 aromatic heterocycles. The highest BCUT2D eigenvalue weighted by molar-refractivity contribution is 7.91. The molecule has 0 aliphatic carbocycles. The van der Waals surface area contributed by atoms with Gasteiger partial charge in [0.2, 0.25) is 10.0 Å². The van der Waals surface area contributed by atoms with Crippen molar-refractivity contribution in [2.75, 3.05) is 6.61 Å². The van der Waals surface area contributed by atoms with Crippen molar-refractivity contribution in [3.05, 3.63) is 52.9 Å². The Kier molecular flexibility index (Phi) is 4.93. The van der Waals surface area contributed by atoms with Crippen molar-refractivity contribution in [2.24, 2.45) is 0 Å². The molecule has 0 saturated heterocycles. The molecular weight excluding hydrogens is 294 g/mol. The summed E-state index contributed by atoms with van der Waals surface area (Å²) in [5, 5.41) is 10.3. The van der Waals surface area contributed by atoms with Crippen LogP contribution in [0.15, 0.2) is 46.0 Å². The van der Waals surface area contributed by atoms with E-state index in [1.165, 1.54) is 11.3 Å². The minimum absolute atomic E-state index is 0.178. The number of aliphatic hydroxyl groups is 1. The molecule has 0 atom stereocenters. The molecule has 1 heterocycles. The van der Waals surface area contributed by atoms with Crippen molar-refractivity contribution in [2.45, 2.75) is 10.8 Å². The van der Waals surface area contributed by atoms with Crippen molar-refractivity contribution in [3.8, 4) is 11.8 Å². The van der Waals surface area contributed by atoms with E-state index in [1.54, 1.807) is 41.8 Å². The van der Waals surface area contributed by atoms with Crippen LogP contribution in [-0.2, 0) is 16.6 Å². The van der Waals surface area contributed by atoms with E-state index >= 15 is 0 Å². The molecule has 2 N–H and O–H groups in total. The van der Waals surface area contributed by atoms with E-state index in [2.05, 4.69) is 16.6 Å². The standard InChI is InChI=1S/C14H13NO3S2/c16-9-1-3-12-5-7-13(8-6-12)11-15-20(17,18)14-4-2-10-19-14/h2,4-8,10,15-16H,9,11H2. The van der Waals surface area contributed by atoms with E-state index in [9.17, 15) is 8.42 Å². The van der Waals surface area contributed by atoms with Crippen LogP contribution in [0.5, 0.6) is 0 Å². The summed E-state index contributed by atoms with van der Waals surface area (Å²) in [4.78, 5) is 0. The molecule has 2 aromatic rings. The Hall–Kier alpha value is -1.65. The van der Waals surface area contributed by atoms with Crippen LogP contribution in [0.2, 0.25) is 0 Å². The first kappa shape index (κ1) is 14.8. The van der Waals surface area contributed by atoms with Gasteiger partial charge < -0.3 is 5.11 Å². The minimum atomic E-state index is -3.43. The van der Waals surface area contributed by atoms with Crippen molar-refractivity contribution in [1.29, 1.82) is 0 Å². The monoisotopic (exact) mass is 307 g/mol. The van der Waals surface area contributed by atoms with Crippen LogP contribution in [0.4, 0.5) is 0 Å². The molecule has 0 spiro atoms. The highest BCUT2D eigenvalue weighted by atomic mass is 32.2. The molecule has 0 amide bonds. The third kappa shape index (κ3) is 3.92. The highest BCUT2D eigenvalue weighted by Gasteiger charge is 2.14. The number of hydrogen-bond donors (Lipinski definition) is 2. The van der Waals surface area contributed by atoms with Gasteiger partial charge in [-0.1, -0.05) is 30.0 Å². The van der Waals surface area contributed by atoms with Gasteiger partial charge in [-0.25, -0.2) is 13.1 Å². The van der Waals surface area contributed by atoms with Crippen LogP contribution < -0.4 is 4.72 Å². The average Bonchev–Trinajstić information content (AvgIpc) is 2.99. The molecule has 0 fully saturated rings. The lowest BCUT2D eigenvalue weighted by Gasteiger charge is -2.05. The third-order valence-corrected chi connectivity index (χ3v) is 5.29. The molecule has 0 aliphatic rings. The Morgan fingerprint density at radius 2 is 1.95 bits per heavy atom. The second-order valence-corrected chi connectivity index (χ2v) is 6.85. The molecule has 0 radical (unpaired) electrons. The van der Waals surface area contributed by atoms with Gasteiger partial charge in [-0.3, -0.25) is 0 Å². The summed E-state index contributed by atoms with van der Waals surface area (Å²) in [6.45, 7) is 0.0519. The van der Waals surface area contributed by atoms with Crippen LogP contribution in [0, 0.1) is 11.8 Å². The first-order valence-electron chi connectivity index (χ1n) is 5.84. The van der Waals surface area contributed by atoms with Gasteiger partial charge in [-0.2, -0.15) is 0 Å². The predicted molar refractivity (Wildman–Crippen MR) is 78.8 cm³/mol. The number of benzene rings is 1. The van der Waals surface area contributed by atoms with Gasteiger partial charge >= 0.3 is 0 Å². The lowest BCUT2D eigenvalue weighted by atomic mass is 10.1. The van der Waals surface area contributed by atoms with Crippen molar-refractivity contribution < 1.29 is 13.5 Å². The smallest absolute Gasteiger partial charge is 0.250 e. The van der Waals surface area contributed by atoms with Gasteiger partial charge in [0.25, 0.3) is 0 Å². The van der Waals surface area contributed by atoms with Crippen LogP contribution in [-0.4, -0.2) is 20.1 Å². The van der Waals surface area contributed by atoms with Crippen molar-refractivity contribution in [1.82, 2.24) is 4.72 Å². The summed E-state index contributed by atoms with van der Waals surface area (Å²) in [7, 11) is -3.43. The number of nitrogens with one attached hydrogen (secondary N) is 1. The second-order valence-electron chi connectivity index (χ2n) is 3.91. The van der Waals surface area contributed by atoms with Gasteiger partial charge in [-0.15, -0.1) is 11.3 Å². The zero-order chi connectivity index (χ0) is 14.4. The molecule has 2 rings (SSSR count). The van der Waals surface area contributed by atoms with Gasteiger partial charge in [-0.05, 0) is 29.1 Å². The first-order valence-corrected chi connectivity index (χ1v) is 8.20. The van der Waals surface area contributed by atoms with Crippen LogP contribution in [0.3, 0.4) is 0 Å². The molecule has 0 bridgehead atoms. The fraction of sp³-hybridized carbons (Fsp3) is 0.143. The number of aliphatic hydroxyl groups excluding tert-OH is 1. The van der Waals surface area contributed by atoms with Crippen LogP contribution in [0.25, 0.3) is 0 Å². The van der Waals surface area contributed by atoms with Crippen molar-refractivity contribution in [3.63, 3.8) is 0 Å². The van der Waals surface area contributed by atoms with Gasteiger partial charge in [0.15, 0.2) is 0 Å². The molecule has 1 aromatic carbocycles. The molecule has 20 heavy (non-hydrogen) atoms. The highest BCUT2D eigenvalue weighted by Crippen LogP contribution is 2.15. The molecule has 6 heteroatoms. The Bertz CT molecular complexity index is 708. The summed E-state index contributed by atoms with van der Waals surface area (Å²) in [5.41, 5.74) is 1.63. The Morgan fingerprint density at radius 3 is 2.55 bits per heavy atom. The molecular formula is C14H13NO3S2. The number of sulfonamides is 1. The summed E-state index contributed by atoms with van der Waals surface area (Å²) in [6.07, 6.45) is 0. The quantitative estimate of drug-likeness (QED) is 0.843. The van der Waals surface area contributed by atoms with E-state index < -0.39 is 10.0 Å². The molecule has 0 unspecified atom stereocenters. The SMILES string of the molecule is O=S(=O)(NCc1ccc(C#CCO)cc1)c1cccs1. The van der Waals surface area contributed by atoms with Crippen molar-refractivity contribution >= 4 is 21.4 Å². The zero-order valence-corrected chi connectivity index (χ0v) is 12.2. The third-order valence-electron chi connectivity index (χ3n) is 2.49. The summed E-state index contributed by atoms with van der Waals surface area (Å²) < 4.78 is 26.7. The average molecular weight is 307 g/mol.